The molecule has 0 amide bonds. The van der Waals surface area contributed by atoms with Crippen LogP contribution in [0.5, 0.6) is 0 Å². The highest BCUT2D eigenvalue weighted by molar-refractivity contribution is 5.01. The number of hydrogen-bond acceptors (Lipinski definition) is 1. The summed E-state index contributed by atoms with van der Waals surface area (Å²) in [6.45, 7) is 4.90. The summed E-state index contributed by atoms with van der Waals surface area (Å²) in [5.41, 5.74) is 6.92. The first-order chi connectivity index (χ1) is 5.84. The van der Waals surface area contributed by atoms with Crippen molar-refractivity contribution in [2.24, 2.45) is 11.7 Å². The van der Waals surface area contributed by atoms with Crippen molar-refractivity contribution in [2.45, 2.75) is 44.9 Å². The van der Waals surface area contributed by atoms with Crippen molar-refractivity contribution in [1.82, 2.24) is 0 Å². The lowest BCUT2D eigenvalue weighted by molar-refractivity contribution is 0.515. The fraction of sp³-hybridized carbons (Fsp3) is 0.818. The van der Waals surface area contributed by atoms with Crippen LogP contribution in [0.25, 0.3) is 0 Å². The first kappa shape index (κ1) is 9.79. The Bertz CT molecular complexity index is 132. The van der Waals surface area contributed by atoms with E-state index in [1.54, 1.807) is 0 Å². The molecule has 0 heterocycles. The van der Waals surface area contributed by atoms with Gasteiger partial charge in [-0.25, -0.2) is 0 Å². The molecule has 1 aliphatic carbocycles. The second-order valence-corrected chi connectivity index (χ2v) is 3.89. The zero-order valence-electron chi connectivity index (χ0n) is 8.02. The summed E-state index contributed by atoms with van der Waals surface area (Å²) in [7, 11) is 0. The molecule has 0 saturated heterocycles. The molecule has 0 aliphatic heterocycles. The third-order valence-corrected chi connectivity index (χ3v) is 2.90. The van der Waals surface area contributed by atoms with Crippen molar-refractivity contribution >= 4 is 0 Å². The molecule has 0 bridgehead atoms. The molecule has 0 spiro atoms. The molecule has 1 fully saturated rings. The Balaban J connectivity index is 2.32. The minimum absolute atomic E-state index is 0.773. The van der Waals surface area contributed by atoms with Crippen molar-refractivity contribution in [2.75, 3.05) is 6.54 Å². The van der Waals surface area contributed by atoms with E-state index in [0.29, 0.717) is 0 Å². The predicted octanol–water partition coefficient (Wildman–Crippen LogP) is 2.86. The van der Waals surface area contributed by atoms with Gasteiger partial charge in [0.1, 0.15) is 0 Å². The highest BCUT2D eigenvalue weighted by atomic mass is 14.5. The summed E-state index contributed by atoms with van der Waals surface area (Å²) in [6, 6.07) is 0. The Labute approximate surface area is 76.0 Å². The largest absolute Gasteiger partial charge is 0.330 e. The molecule has 12 heavy (non-hydrogen) atoms. The van der Waals surface area contributed by atoms with Gasteiger partial charge in [0.25, 0.3) is 0 Å². The number of hydrogen-bond donors (Lipinski definition) is 1. The zero-order valence-corrected chi connectivity index (χ0v) is 8.02. The van der Waals surface area contributed by atoms with E-state index in [-0.39, 0.29) is 0 Å². The van der Waals surface area contributed by atoms with Gasteiger partial charge in [-0.1, -0.05) is 37.8 Å². The van der Waals surface area contributed by atoms with E-state index in [0.717, 1.165) is 18.9 Å². The molecule has 0 radical (unpaired) electrons. The summed E-state index contributed by atoms with van der Waals surface area (Å²) >= 11 is 0. The van der Waals surface area contributed by atoms with Crippen LogP contribution in [0.15, 0.2) is 12.2 Å². The fourth-order valence-corrected chi connectivity index (χ4v) is 2.08. The second-order valence-electron chi connectivity index (χ2n) is 3.89. The highest BCUT2D eigenvalue weighted by Crippen LogP contribution is 2.28. The van der Waals surface area contributed by atoms with Gasteiger partial charge in [0, 0.05) is 0 Å². The van der Waals surface area contributed by atoms with Crippen LogP contribution in [0, 0.1) is 5.92 Å². The Morgan fingerprint density at radius 1 is 1.17 bits per heavy atom. The Hall–Kier alpha value is -0.300. The topological polar surface area (TPSA) is 26.0 Å². The molecule has 1 rings (SSSR count). The summed E-state index contributed by atoms with van der Waals surface area (Å²) in [4.78, 5) is 0. The van der Waals surface area contributed by atoms with Crippen LogP contribution in [0.3, 0.4) is 0 Å². The third kappa shape index (κ3) is 2.98. The van der Waals surface area contributed by atoms with Crippen LogP contribution in [-0.4, -0.2) is 6.54 Å². The minimum atomic E-state index is 0.773. The average molecular weight is 167 g/mol. The third-order valence-electron chi connectivity index (χ3n) is 2.90. The van der Waals surface area contributed by atoms with E-state index < -0.39 is 0 Å². The quantitative estimate of drug-likeness (QED) is 0.507. The highest BCUT2D eigenvalue weighted by Gasteiger charge is 2.14. The van der Waals surface area contributed by atoms with Crippen molar-refractivity contribution in [3.63, 3.8) is 0 Å². The second kappa shape index (κ2) is 5.36. The first-order valence-electron chi connectivity index (χ1n) is 5.22. The molecule has 1 nitrogen and oxygen atoms in total. The Morgan fingerprint density at radius 2 is 1.75 bits per heavy atom. The van der Waals surface area contributed by atoms with Gasteiger partial charge in [0.05, 0.1) is 0 Å². The Morgan fingerprint density at radius 3 is 2.25 bits per heavy atom. The molecule has 70 valence electrons. The van der Waals surface area contributed by atoms with E-state index >= 15 is 0 Å². The van der Waals surface area contributed by atoms with E-state index in [9.17, 15) is 0 Å². The molecular formula is C11H21N. The molecule has 0 aromatic carbocycles. The van der Waals surface area contributed by atoms with Gasteiger partial charge < -0.3 is 5.73 Å². The number of rotatable bonds is 3. The van der Waals surface area contributed by atoms with E-state index in [1.807, 2.05) is 0 Å². The molecule has 0 atom stereocenters. The van der Waals surface area contributed by atoms with Crippen molar-refractivity contribution < 1.29 is 0 Å². The lowest BCUT2D eigenvalue weighted by Crippen LogP contribution is -2.07. The molecule has 1 saturated carbocycles. The van der Waals surface area contributed by atoms with Crippen LogP contribution >= 0.6 is 0 Å². The number of nitrogens with two attached hydrogens (primary N) is 1. The van der Waals surface area contributed by atoms with Crippen LogP contribution in [-0.2, 0) is 0 Å². The lowest BCUT2D eigenvalue weighted by Gasteiger charge is -2.16. The normalized spacial score (nSPS) is 20.4. The minimum Gasteiger partial charge on any atom is -0.330 e. The molecule has 2 N–H and O–H groups in total. The summed E-state index contributed by atoms with van der Waals surface area (Å²) in [6.07, 6.45) is 9.39. The van der Waals surface area contributed by atoms with E-state index in [4.69, 9.17) is 5.73 Å². The van der Waals surface area contributed by atoms with E-state index in [2.05, 4.69) is 6.58 Å². The maximum absolute atomic E-state index is 5.51. The average Bonchev–Trinajstić information content (AvgIpc) is 2.32. The molecule has 1 heteroatoms. The summed E-state index contributed by atoms with van der Waals surface area (Å²) in [5, 5.41) is 0. The molecule has 0 aromatic heterocycles. The van der Waals surface area contributed by atoms with Crippen LogP contribution in [0.4, 0.5) is 0 Å². The standard InChI is InChI=1S/C11H21N/c1-10(8-9-12)11-6-4-2-3-5-7-11/h11H,1-9,12H2. The summed E-state index contributed by atoms with van der Waals surface area (Å²) < 4.78 is 0. The van der Waals surface area contributed by atoms with E-state index in [1.165, 1.54) is 44.1 Å². The fourth-order valence-electron chi connectivity index (χ4n) is 2.08. The predicted molar refractivity (Wildman–Crippen MR) is 54.0 cm³/mol. The summed E-state index contributed by atoms with van der Waals surface area (Å²) in [5.74, 6) is 0.788. The van der Waals surface area contributed by atoms with Crippen molar-refractivity contribution in [1.29, 1.82) is 0 Å². The van der Waals surface area contributed by atoms with Gasteiger partial charge >= 0.3 is 0 Å². The zero-order chi connectivity index (χ0) is 8.81. The lowest BCUT2D eigenvalue weighted by atomic mass is 9.91. The van der Waals surface area contributed by atoms with Crippen molar-refractivity contribution in [3.05, 3.63) is 12.2 Å². The Kier molecular flexibility index (Phi) is 4.37. The molecule has 0 unspecified atom stereocenters. The first-order valence-corrected chi connectivity index (χ1v) is 5.22. The van der Waals surface area contributed by atoms with Crippen molar-refractivity contribution in [3.8, 4) is 0 Å². The van der Waals surface area contributed by atoms with Gasteiger partial charge in [-0.05, 0) is 31.7 Å². The van der Waals surface area contributed by atoms with Gasteiger partial charge in [0.15, 0.2) is 0 Å². The SMILES string of the molecule is C=C(CCN)C1CCCCCC1. The smallest absolute Gasteiger partial charge is 0.00399 e. The van der Waals surface area contributed by atoms with Crippen LogP contribution in [0.2, 0.25) is 0 Å². The molecular weight excluding hydrogens is 146 g/mol. The molecule has 0 aromatic rings. The van der Waals surface area contributed by atoms with Crippen LogP contribution in [0.1, 0.15) is 44.9 Å². The molecule has 1 aliphatic rings. The van der Waals surface area contributed by atoms with Gasteiger partial charge in [-0.3, -0.25) is 0 Å². The van der Waals surface area contributed by atoms with Gasteiger partial charge in [-0.15, -0.1) is 0 Å². The monoisotopic (exact) mass is 167 g/mol. The maximum Gasteiger partial charge on any atom is -0.00399 e. The van der Waals surface area contributed by atoms with Crippen LogP contribution < -0.4 is 5.73 Å². The maximum atomic E-state index is 5.51. The van der Waals surface area contributed by atoms with Gasteiger partial charge in [-0.2, -0.15) is 0 Å². The van der Waals surface area contributed by atoms with Gasteiger partial charge in [0.2, 0.25) is 0 Å².